The van der Waals surface area contributed by atoms with Crippen molar-refractivity contribution < 1.29 is 9.47 Å². The largest absolute Gasteiger partial charge is 0.381 e. The molecule has 1 aliphatic carbocycles. The zero-order valence-electron chi connectivity index (χ0n) is 13.5. The van der Waals surface area contributed by atoms with Crippen molar-refractivity contribution in [2.45, 2.75) is 69.9 Å². The monoisotopic (exact) mass is 296 g/mol. The molecule has 2 saturated heterocycles. The molecular formula is C17H32N2O2. The predicted molar refractivity (Wildman–Crippen MR) is 83.7 cm³/mol. The first-order valence-electron chi connectivity index (χ1n) is 8.90. The van der Waals surface area contributed by atoms with E-state index >= 15 is 0 Å². The predicted octanol–water partition coefficient (Wildman–Crippen LogP) is 2.62. The summed E-state index contributed by atoms with van der Waals surface area (Å²) in [5.41, 5.74) is 3.28. The van der Waals surface area contributed by atoms with Gasteiger partial charge in [-0.05, 0) is 56.3 Å². The highest BCUT2D eigenvalue weighted by Gasteiger charge is 2.43. The first-order valence-corrected chi connectivity index (χ1v) is 8.90. The van der Waals surface area contributed by atoms with Crippen molar-refractivity contribution in [2.75, 3.05) is 19.8 Å². The lowest BCUT2D eigenvalue weighted by molar-refractivity contribution is -0.152. The minimum Gasteiger partial charge on any atom is -0.381 e. The SMILES string of the molecule is CC1CCCC(C(NN)C2CCOC3(CCOCC3)C2)C1. The van der Waals surface area contributed by atoms with Gasteiger partial charge in [-0.25, -0.2) is 0 Å². The number of hydrogen-bond donors (Lipinski definition) is 2. The summed E-state index contributed by atoms with van der Waals surface area (Å²) >= 11 is 0. The molecule has 0 aromatic carbocycles. The molecule has 4 nitrogen and oxygen atoms in total. The fourth-order valence-electron chi connectivity index (χ4n) is 4.93. The minimum atomic E-state index is 0.0799. The van der Waals surface area contributed by atoms with Crippen LogP contribution in [0.15, 0.2) is 0 Å². The van der Waals surface area contributed by atoms with E-state index in [1.165, 1.54) is 25.7 Å². The van der Waals surface area contributed by atoms with Crippen molar-refractivity contribution in [3.05, 3.63) is 0 Å². The van der Waals surface area contributed by atoms with Crippen LogP contribution in [-0.2, 0) is 9.47 Å². The van der Waals surface area contributed by atoms with Gasteiger partial charge in [0.25, 0.3) is 0 Å². The van der Waals surface area contributed by atoms with Gasteiger partial charge in [-0.3, -0.25) is 11.3 Å². The second-order valence-electron chi connectivity index (χ2n) is 7.62. The number of nitrogens with one attached hydrogen (secondary N) is 1. The Morgan fingerprint density at radius 3 is 2.62 bits per heavy atom. The lowest BCUT2D eigenvalue weighted by atomic mass is 9.70. The van der Waals surface area contributed by atoms with E-state index in [2.05, 4.69) is 12.3 Å². The molecule has 1 spiro atoms. The van der Waals surface area contributed by atoms with Crippen LogP contribution in [0.3, 0.4) is 0 Å². The van der Waals surface area contributed by atoms with Crippen LogP contribution in [0.25, 0.3) is 0 Å². The van der Waals surface area contributed by atoms with Crippen molar-refractivity contribution in [3.63, 3.8) is 0 Å². The molecule has 3 aliphatic rings. The van der Waals surface area contributed by atoms with Gasteiger partial charge in [0.05, 0.1) is 5.60 Å². The minimum absolute atomic E-state index is 0.0799. The highest BCUT2D eigenvalue weighted by Crippen LogP contribution is 2.42. The maximum atomic E-state index is 6.19. The van der Waals surface area contributed by atoms with E-state index in [4.69, 9.17) is 15.3 Å². The number of hydrazine groups is 1. The highest BCUT2D eigenvalue weighted by atomic mass is 16.5. The average molecular weight is 296 g/mol. The molecular weight excluding hydrogens is 264 g/mol. The van der Waals surface area contributed by atoms with Crippen LogP contribution in [0, 0.1) is 17.8 Å². The molecule has 3 fully saturated rings. The summed E-state index contributed by atoms with van der Waals surface area (Å²) in [6, 6.07) is 0.469. The Morgan fingerprint density at radius 2 is 1.90 bits per heavy atom. The zero-order valence-corrected chi connectivity index (χ0v) is 13.5. The smallest absolute Gasteiger partial charge is 0.0729 e. The first kappa shape index (κ1) is 15.7. The fraction of sp³-hybridized carbons (Fsp3) is 1.00. The summed E-state index contributed by atoms with van der Waals surface area (Å²) in [5.74, 6) is 8.25. The molecule has 3 rings (SSSR count). The van der Waals surface area contributed by atoms with E-state index in [1.54, 1.807) is 0 Å². The Bertz CT molecular complexity index is 325. The van der Waals surface area contributed by atoms with Gasteiger partial charge in [0.15, 0.2) is 0 Å². The van der Waals surface area contributed by atoms with Gasteiger partial charge in [0.2, 0.25) is 0 Å². The van der Waals surface area contributed by atoms with Gasteiger partial charge in [-0.2, -0.15) is 0 Å². The summed E-state index contributed by atoms with van der Waals surface area (Å²) in [6.45, 7) is 5.00. The van der Waals surface area contributed by atoms with Crippen LogP contribution in [0.5, 0.6) is 0 Å². The fourth-order valence-corrected chi connectivity index (χ4v) is 4.93. The van der Waals surface area contributed by atoms with Crippen molar-refractivity contribution in [3.8, 4) is 0 Å². The Hall–Kier alpha value is -0.160. The van der Waals surface area contributed by atoms with E-state index < -0.39 is 0 Å². The number of rotatable bonds is 3. The maximum Gasteiger partial charge on any atom is 0.0729 e. The quantitative estimate of drug-likeness (QED) is 0.621. The summed E-state index contributed by atoms with van der Waals surface area (Å²) in [5, 5.41) is 0. The lowest BCUT2D eigenvalue weighted by Gasteiger charge is -2.47. The van der Waals surface area contributed by atoms with Crippen LogP contribution < -0.4 is 11.3 Å². The number of hydrogen-bond acceptors (Lipinski definition) is 4. The third-order valence-electron chi connectivity index (χ3n) is 6.12. The summed E-state index contributed by atoms with van der Waals surface area (Å²) in [7, 11) is 0. The second-order valence-corrected chi connectivity index (χ2v) is 7.62. The molecule has 3 N–H and O–H groups in total. The molecule has 4 atom stereocenters. The van der Waals surface area contributed by atoms with Gasteiger partial charge in [0.1, 0.15) is 0 Å². The topological polar surface area (TPSA) is 56.5 Å². The third-order valence-corrected chi connectivity index (χ3v) is 6.12. The molecule has 21 heavy (non-hydrogen) atoms. The van der Waals surface area contributed by atoms with Crippen LogP contribution in [0.2, 0.25) is 0 Å². The van der Waals surface area contributed by atoms with Gasteiger partial charge in [0, 0.05) is 25.9 Å². The van der Waals surface area contributed by atoms with Crippen molar-refractivity contribution in [1.82, 2.24) is 5.43 Å². The van der Waals surface area contributed by atoms with Gasteiger partial charge in [-0.1, -0.05) is 19.8 Å². The molecule has 0 aromatic heterocycles. The molecule has 0 bridgehead atoms. The molecule has 2 heterocycles. The molecule has 0 radical (unpaired) electrons. The van der Waals surface area contributed by atoms with Crippen LogP contribution in [0.4, 0.5) is 0 Å². The summed E-state index contributed by atoms with van der Waals surface area (Å²) in [4.78, 5) is 0. The van der Waals surface area contributed by atoms with Crippen molar-refractivity contribution >= 4 is 0 Å². The van der Waals surface area contributed by atoms with Crippen LogP contribution in [-0.4, -0.2) is 31.5 Å². The van der Waals surface area contributed by atoms with E-state index in [0.29, 0.717) is 12.0 Å². The molecule has 0 aromatic rings. The maximum absolute atomic E-state index is 6.19. The van der Waals surface area contributed by atoms with E-state index in [0.717, 1.165) is 57.3 Å². The molecule has 0 amide bonds. The second kappa shape index (κ2) is 6.95. The molecule has 122 valence electrons. The molecule has 2 aliphatic heterocycles. The van der Waals surface area contributed by atoms with Gasteiger partial charge < -0.3 is 9.47 Å². The van der Waals surface area contributed by atoms with Gasteiger partial charge in [-0.15, -0.1) is 0 Å². The summed E-state index contributed by atoms with van der Waals surface area (Å²) in [6.07, 6.45) is 9.87. The van der Waals surface area contributed by atoms with Crippen molar-refractivity contribution in [1.29, 1.82) is 0 Å². The number of nitrogens with two attached hydrogens (primary N) is 1. The molecule has 4 heteroatoms. The third kappa shape index (κ3) is 3.61. The standard InChI is InChI=1S/C17H32N2O2/c1-13-3-2-4-14(11-13)16(19-18)15-5-8-21-17(12-15)6-9-20-10-7-17/h13-16,19H,2-12,18H2,1H3. The zero-order chi connectivity index (χ0) is 14.7. The molecule has 1 saturated carbocycles. The Morgan fingerprint density at radius 1 is 1.10 bits per heavy atom. The van der Waals surface area contributed by atoms with E-state index in [1.807, 2.05) is 0 Å². The lowest BCUT2D eigenvalue weighted by Crippen LogP contribution is -2.53. The van der Waals surface area contributed by atoms with Crippen LogP contribution in [0.1, 0.15) is 58.3 Å². The Labute approximate surface area is 129 Å². The Kier molecular flexibility index (Phi) is 5.20. The van der Waals surface area contributed by atoms with E-state index in [9.17, 15) is 0 Å². The van der Waals surface area contributed by atoms with E-state index in [-0.39, 0.29) is 5.60 Å². The van der Waals surface area contributed by atoms with Crippen LogP contribution >= 0.6 is 0 Å². The summed E-state index contributed by atoms with van der Waals surface area (Å²) < 4.78 is 11.7. The molecule has 4 unspecified atom stereocenters. The number of ether oxygens (including phenoxy) is 2. The Balaban J connectivity index is 1.65. The highest BCUT2D eigenvalue weighted by molar-refractivity contribution is 4.94. The normalized spacial score (nSPS) is 38.3. The average Bonchev–Trinajstić information content (AvgIpc) is 2.49. The van der Waals surface area contributed by atoms with Gasteiger partial charge >= 0.3 is 0 Å². The first-order chi connectivity index (χ1) is 10.2. The van der Waals surface area contributed by atoms with Crippen molar-refractivity contribution in [2.24, 2.45) is 23.6 Å².